The topological polar surface area (TPSA) is 26.3 Å². The Morgan fingerprint density at radius 3 is 2.17 bits per heavy atom. The summed E-state index contributed by atoms with van der Waals surface area (Å²) in [5, 5.41) is 0. The van der Waals surface area contributed by atoms with Crippen LogP contribution in [0.3, 0.4) is 0 Å². The van der Waals surface area contributed by atoms with E-state index in [-0.39, 0.29) is 5.97 Å². The van der Waals surface area contributed by atoms with Crippen molar-refractivity contribution in [1.29, 1.82) is 0 Å². The second kappa shape index (κ2) is 5.03. The molecular weight excluding hydrogens is 248 g/mol. The first kappa shape index (κ1) is 12.8. The summed E-state index contributed by atoms with van der Waals surface area (Å²) >= 11 is 5.59. The largest absolute Gasteiger partial charge is 0.465 e. The number of rotatable bonds is 5. The molecule has 4 fully saturated rings. The van der Waals surface area contributed by atoms with E-state index in [1.165, 1.54) is 38.5 Å². The molecule has 3 heteroatoms. The van der Waals surface area contributed by atoms with E-state index in [9.17, 15) is 4.79 Å². The molecular formula is C15H23ClO2. The van der Waals surface area contributed by atoms with Crippen LogP contribution in [0, 0.1) is 23.2 Å². The zero-order chi connectivity index (χ0) is 12.6. The van der Waals surface area contributed by atoms with Gasteiger partial charge in [0.05, 0.1) is 6.61 Å². The second-order valence-electron chi connectivity index (χ2n) is 6.87. The Morgan fingerprint density at radius 1 is 1.11 bits per heavy atom. The molecule has 4 aliphatic carbocycles. The van der Waals surface area contributed by atoms with Gasteiger partial charge >= 0.3 is 5.97 Å². The number of ether oxygens (including phenoxy) is 1. The molecule has 0 aliphatic heterocycles. The summed E-state index contributed by atoms with van der Waals surface area (Å²) in [7, 11) is 0. The van der Waals surface area contributed by atoms with Crippen LogP contribution in [0.1, 0.15) is 51.4 Å². The fraction of sp³-hybridized carbons (Fsp3) is 0.933. The molecule has 0 aromatic heterocycles. The van der Waals surface area contributed by atoms with Crippen molar-refractivity contribution in [3.63, 3.8) is 0 Å². The molecule has 0 aromatic rings. The molecule has 0 saturated heterocycles. The maximum Gasteiger partial charge on any atom is 0.305 e. The average Bonchev–Trinajstić information content (AvgIpc) is 2.32. The van der Waals surface area contributed by atoms with Crippen molar-refractivity contribution < 1.29 is 9.53 Å². The van der Waals surface area contributed by atoms with Gasteiger partial charge in [-0.15, -0.1) is 11.6 Å². The maximum absolute atomic E-state index is 11.6. The first-order valence-corrected chi connectivity index (χ1v) is 7.94. The molecule has 2 nitrogen and oxygen atoms in total. The Balaban J connectivity index is 1.54. The van der Waals surface area contributed by atoms with Crippen LogP contribution in [0.2, 0.25) is 0 Å². The van der Waals surface area contributed by atoms with E-state index in [2.05, 4.69) is 0 Å². The zero-order valence-corrected chi connectivity index (χ0v) is 11.8. The molecule has 0 amide bonds. The molecule has 0 spiro atoms. The Morgan fingerprint density at radius 2 is 1.67 bits per heavy atom. The molecule has 102 valence electrons. The van der Waals surface area contributed by atoms with E-state index in [0.717, 1.165) is 24.2 Å². The van der Waals surface area contributed by atoms with Crippen LogP contribution in [-0.4, -0.2) is 18.5 Å². The molecule has 0 aromatic carbocycles. The fourth-order valence-corrected chi connectivity index (χ4v) is 5.12. The first-order valence-electron chi connectivity index (χ1n) is 7.41. The highest BCUT2D eigenvalue weighted by Crippen LogP contribution is 2.60. The van der Waals surface area contributed by atoms with Gasteiger partial charge in [0, 0.05) is 17.7 Å². The van der Waals surface area contributed by atoms with E-state index in [1.807, 2.05) is 0 Å². The first-order chi connectivity index (χ1) is 8.69. The molecule has 0 radical (unpaired) electrons. The number of carbonyl (C=O) groups excluding carboxylic acids is 1. The minimum absolute atomic E-state index is 0.0496. The lowest BCUT2D eigenvalue weighted by atomic mass is 9.50. The molecule has 0 N–H and O–H groups in total. The Bertz CT molecular complexity index is 291. The van der Waals surface area contributed by atoms with Crippen LogP contribution in [0.4, 0.5) is 0 Å². The highest BCUT2D eigenvalue weighted by atomic mass is 35.5. The van der Waals surface area contributed by atoms with E-state index in [1.54, 1.807) is 0 Å². The number of esters is 1. The molecule has 18 heavy (non-hydrogen) atoms. The predicted octanol–water partition coefficient (Wildman–Crippen LogP) is 3.77. The summed E-state index contributed by atoms with van der Waals surface area (Å²) in [6.07, 6.45) is 9.47. The van der Waals surface area contributed by atoms with E-state index in [0.29, 0.717) is 24.3 Å². The quantitative estimate of drug-likeness (QED) is 0.562. The van der Waals surface area contributed by atoms with E-state index < -0.39 is 0 Å². The predicted molar refractivity (Wildman–Crippen MR) is 71.5 cm³/mol. The van der Waals surface area contributed by atoms with Crippen molar-refractivity contribution in [2.24, 2.45) is 23.2 Å². The van der Waals surface area contributed by atoms with Gasteiger partial charge in [-0.2, -0.15) is 0 Å². The molecule has 4 aliphatic rings. The van der Waals surface area contributed by atoms with Gasteiger partial charge in [-0.1, -0.05) is 0 Å². The normalized spacial score (nSPS) is 41.1. The Hall–Kier alpha value is -0.240. The van der Waals surface area contributed by atoms with Crippen molar-refractivity contribution in [3.05, 3.63) is 0 Å². The number of halogens is 1. The van der Waals surface area contributed by atoms with Crippen molar-refractivity contribution in [3.8, 4) is 0 Å². The van der Waals surface area contributed by atoms with Crippen molar-refractivity contribution in [2.75, 3.05) is 12.5 Å². The highest BCUT2D eigenvalue weighted by molar-refractivity contribution is 6.17. The van der Waals surface area contributed by atoms with Gasteiger partial charge in [0.2, 0.25) is 0 Å². The lowest BCUT2D eigenvalue weighted by Gasteiger charge is -2.56. The lowest BCUT2D eigenvalue weighted by molar-refractivity contribution is -0.155. The standard InChI is InChI=1S/C15H23ClO2/c16-3-1-2-14(17)18-10-15-7-11-4-12(8-15)6-13(5-11)9-15/h11-13H,1-10H2. The summed E-state index contributed by atoms with van der Waals surface area (Å²) in [6, 6.07) is 0. The molecule has 0 unspecified atom stereocenters. The van der Waals surface area contributed by atoms with Gasteiger partial charge in [0.25, 0.3) is 0 Å². The summed E-state index contributed by atoms with van der Waals surface area (Å²) in [4.78, 5) is 11.6. The van der Waals surface area contributed by atoms with Crippen LogP contribution in [0.15, 0.2) is 0 Å². The zero-order valence-electron chi connectivity index (χ0n) is 11.0. The van der Waals surface area contributed by atoms with Crippen LogP contribution in [0.25, 0.3) is 0 Å². The van der Waals surface area contributed by atoms with Crippen LogP contribution < -0.4 is 0 Å². The Labute approximate surface area is 114 Å². The minimum atomic E-state index is -0.0496. The number of carbonyl (C=O) groups is 1. The molecule has 4 saturated carbocycles. The maximum atomic E-state index is 11.6. The van der Waals surface area contributed by atoms with Crippen molar-refractivity contribution in [1.82, 2.24) is 0 Å². The van der Waals surface area contributed by atoms with Gasteiger partial charge in [-0.05, 0) is 62.7 Å². The molecule has 4 rings (SSSR count). The van der Waals surface area contributed by atoms with Crippen molar-refractivity contribution >= 4 is 17.6 Å². The molecule has 0 heterocycles. The monoisotopic (exact) mass is 270 g/mol. The third kappa shape index (κ3) is 2.54. The second-order valence-corrected chi connectivity index (χ2v) is 7.25. The summed E-state index contributed by atoms with van der Waals surface area (Å²) in [6.45, 7) is 0.678. The minimum Gasteiger partial charge on any atom is -0.465 e. The van der Waals surface area contributed by atoms with Gasteiger partial charge in [-0.25, -0.2) is 0 Å². The summed E-state index contributed by atoms with van der Waals surface area (Å²) in [5.74, 6) is 3.28. The number of hydrogen-bond donors (Lipinski definition) is 0. The highest BCUT2D eigenvalue weighted by Gasteiger charge is 2.51. The summed E-state index contributed by atoms with van der Waals surface area (Å²) in [5.41, 5.74) is 0.353. The number of hydrogen-bond acceptors (Lipinski definition) is 2. The van der Waals surface area contributed by atoms with Gasteiger partial charge in [-0.3, -0.25) is 4.79 Å². The van der Waals surface area contributed by atoms with E-state index >= 15 is 0 Å². The average molecular weight is 271 g/mol. The third-order valence-corrected chi connectivity index (χ3v) is 5.49. The van der Waals surface area contributed by atoms with Gasteiger partial charge in [0.15, 0.2) is 0 Å². The fourth-order valence-electron chi connectivity index (χ4n) is 4.98. The van der Waals surface area contributed by atoms with Crippen LogP contribution >= 0.6 is 11.6 Å². The smallest absolute Gasteiger partial charge is 0.305 e. The number of alkyl halides is 1. The summed E-state index contributed by atoms with van der Waals surface area (Å²) < 4.78 is 5.53. The SMILES string of the molecule is O=C(CCCCl)OCC12CC3CC(CC(C3)C1)C2. The van der Waals surface area contributed by atoms with Crippen LogP contribution in [-0.2, 0) is 9.53 Å². The van der Waals surface area contributed by atoms with Gasteiger partial charge in [0.1, 0.15) is 0 Å². The molecule has 4 bridgehead atoms. The van der Waals surface area contributed by atoms with Gasteiger partial charge < -0.3 is 4.74 Å². The Kier molecular flexibility index (Phi) is 3.57. The van der Waals surface area contributed by atoms with E-state index in [4.69, 9.17) is 16.3 Å². The van der Waals surface area contributed by atoms with Crippen molar-refractivity contribution in [2.45, 2.75) is 51.4 Å². The molecule has 0 atom stereocenters. The third-order valence-electron chi connectivity index (χ3n) is 5.22. The lowest BCUT2D eigenvalue weighted by Crippen LogP contribution is -2.48. The van der Waals surface area contributed by atoms with Crippen LogP contribution in [0.5, 0.6) is 0 Å².